The Hall–Kier alpha value is -1.26. The highest BCUT2D eigenvalue weighted by Crippen LogP contribution is 2.38. The first kappa shape index (κ1) is 14.2. The fourth-order valence-electron chi connectivity index (χ4n) is 2.97. The van der Waals surface area contributed by atoms with Gasteiger partial charge >= 0.3 is 0 Å². The molecule has 4 nitrogen and oxygen atoms in total. The Labute approximate surface area is 115 Å². The van der Waals surface area contributed by atoms with E-state index in [0.717, 1.165) is 24.6 Å². The van der Waals surface area contributed by atoms with Crippen molar-refractivity contribution in [1.29, 1.82) is 0 Å². The van der Waals surface area contributed by atoms with Crippen LogP contribution in [-0.2, 0) is 0 Å². The number of rotatable bonds is 5. The van der Waals surface area contributed by atoms with E-state index < -0.39 is 0 Å². The third-order valence-electron chi connectivity index (χ3n) is 3.86. The maximum absolute atomic E-state index is 5.53. The van der Waals surface area contributed by atoms with Gasteiger partial charge in [0.2, 0.25) is 0 Å². The van der Waals surface area contributed by atoms with E-state index in [0.29, 0.717) is 12.0 Å². The van der Waals surface area contributed by atoms with Crippen molar-refractivity contribution in [2.75, 3.05) is 41.4 Å². The number of nitrogens with one attached hydrogen (secondary N) is 1. The molecule has 19 heavy (non-hydrogen) atoms. The molecule has 0 saturated carbocycles. The molecule has 1 aliphatic heterocycles. The van der Waals surface area contributed by atoms with Crippen LogP contribution in [0.1, 0.15) is 18.0 Å². The summed E-state index contributed by atoms with van der Waals surface area (Å²) in [5, 5.41) is 3.44. The Balaban J connectivity index is 2.38. The van der Waals surface area contributed by atoms with Crippen molar-refractivity contribution in [1.82, 2.24) is 10.2 Å². The summed E-state index contributed by atoms with van der Waals surface area (Å²) in [7, 11) is 7.68. The SMILES string of the molecule is COc1ccc(OC)c(C(C2CCNC2)N(C)C)c1. The van der Waals surface area contributed by atoms with Gasteiger partial charge in [-0.05, 0) is 57.7 Å². The highest BCUT2D eigenvalue weighted by atomic mass is 16.5. The topological polar surface area (TPSA) is 33.7 Å². The van der Waals surface area contributed by atoms with Crippen LogP contribution in [0.4, 0.5) is 0 Å². The van der Waals surface area contributed by atoms with Gasteiger partial charge in [0.15, 0.2) is 0 Å². The maximum Gasteiger partial charge on any atom is 0.123 e. The average molecular weight is 264 g/mol. The minimum Gasteiger partial charge on any atom is -0.497 e. The van der Waals surface area contributed by atoms with E-state index >= 15 is 0 Å². The fourth-order valence-corrected chi connectivity index (χ4v) is 2.97. The van der Waals surface area contributed by atoms with Crippen LogP contribution in [0.3, 0.4) is 0 Å². The van der Waals surface area contributed by atoms with Crippen LogP contribution in [0.5, 0.6) is 11.5 Å². The van der Waals surface area contributed by atoms with Crippen molar-refractivity contribution < 1.29 is 9.47 Å². The van der Waals surface area contributed by atoms with Crippen molar-refractivity contribution >= 4 is 0 Å². The third-order valence-corrected chi connectivity index (χ3v) is 3.86. The van der Waals surface area contributed by atoms with Gasteiger partial charge in [-0.25, -0.2) is 0 Å². The zero-order valence-electron chi connectivity index (χ0n) is 12.3. The Morgan fingerprint density at radius 2 is 2.05 bits per heavy atom. The minimum absolute atomic E-state index is 0.347. The lowest BCUT2D eigenvalue weighted by atomic mass is 9.90. The molecule has 2 unspecified atom stereocenters. The largest absolute Gasteiger partial charge is 0.497 e. The van der Waals surface area contributed by atoms with Gasteiger partial charge in [0, 0.05) is 11.6 Å². The van der Waals surface area contributed by atoms with E-state index in [9.17, 15) is 0 Å². The lowest BCUT2D eigenvalue weighted by molar-refractivity contribution is 0.216. The van der Waals surface area contributed by atoms with Crippen LogP contribution in [0.25, 0.3) is 0 Å². The molecule has 106 valence electrons. The van der Waals surface area contributed by atoms with Crippen LogP contribution in [0.2, 0.25) is 0 Å². The molecule has 1 fully saturated rings. The van der Waals surface area contributed by atoms with Crippen molar-refractivity contribution in [3.63, 3.8) is 0 Å². The number of hydrogen-bond acceptors (Lipinski definition) is 4. The molecule has 1 heterocycles. The van der Waals surface area contributed by atoms with Crippen LogP contribution in [-0.4, -0.2) is 46.3 Å². The Morgan fingerprint density at radius 1 is 1.26 bits per heavy atom. The molecule has 1 aliphatic rings. The van der Waals surface area contributed by atoms with Crippen LogP contribution in [0, 0.1) is 5.92 Å². The second-order valence-corrected chi connectivity index (χ2v) is 5.27. The first-order chi connectivity index (χ1) is 9.17. The van der Waals surface area contributed by atoms with Gasteiger partial charge in [0.05, 0.1) is 14.2 Å². The molecule has 0 aromatic heterocycles. The Morgan fingerprint density at radius 3 is 2.58 bits per heavy atom. The van der Waals surface area contributed by atoms with Gasteiger partial charge in [0.25, 0.3) is 0 Å². The summed E-state index contributed by atoms with van der Waals surface area (Å²) >= 11 is 0. The lowest BCUT2D eigenvalue weighted by Crippen LogP contribution is -2.29. The molecule has 1 aromatic rings. The van der Waals surface area contributed by atoms with Gasteiger partial charge < -0.3 is 19.7 Å². The summed E-state index contributed by atoms with van der Waals surface area (Å²) in [6.07, 6.45) is 1.20. The van der Waals surface area contributed by atoms with Gasteiger partial charge in [-0.3, -0.25) is 0 Å². The molecular formula is C15H24N2O2. The fraction of sp³-hybridized carbons (Fsp3) is 0.600. The molecule has 4 heteroatoms. The highest BCUT2D eigenvalue weighted by Gasteiger charge is 2.30. The number of hydrogen-bond donors (Lipinski definition) is 1. The summed E-state index contributed by atoms with van der Waals surface area (Å²) in [6.45, 7) is 2.16. The molecular weight excluding hydrogens is 240 g/mol. The molecule has 2 rings (SSSR count). The Bertz CT molecular complexity index is 415. The normalized spacial score (nSPS) is 20.6. The first-order valence-electron chi connectivity index (χ1n) is 6.76. The standard InChI is InChI=1S/C15H24N2O2/c1-17(2)15(11-7-8-16-10-11)13-9-12(18-3)5-6-14(13)19-4/h5-6,9,11,15-16H,7-8,10H2,1-4H3. The van der Waals surface area contributed by atoms with E-state index in [-0.39, 0.29) is 0 Å². The predicted molar refractivity (Wildman–Crippen MR) is 77.0 cm³/mol. The van der Waals surface area contributed by atoms with E-state index in [1.807, 2.05) is 12.1 Å². The minimum atomic E-state index is 0.347. The lowest BCUT2D eigenvalue weighted by Gasteiger charge is -2.31. The predicted octanol–water partition coefficient (Wildman–Crippen LogP) is 1.92. The molecule has 1 saturated heterocycles. The molecule has 0 spiro atoms. The van der Waals surface area contributed by atoms with Crippen LogP contribution < -0.4 is 14.8 Å². The first-order valence-corrected chi connectivity index (χ1v) is 6.76. The third kappa shape index (κ3) is 3.01. The number of nitrogens with zero attached hydrogens (tertiary/aromatic N) is 1. The quantitative estimate of drug-likeness (QED) is 0.881. The van der Waals surface area contributed by atoms with Gasteiger partial charge in [-0.15, -0.1) is 0 Å². The molecule has 0 radical (unpaired) electrons. The number of ether oxygens (including phenoxy) is 2. The van der Waals surface area contributed by atoms with E-state index in [4.69, 9.17) is 9.47 Å². The van der Waals surface area contributed by atoms with Gasteiger partial charge in [-0.2, -0.15) is 0 Å². The van der Waals surface area contributed by atoms with Crippen molar-refractivity contribution in [2.45, 2.75) is 12.5 Å². The number of methoxy groups -OCH3 is 2. The second kappa shape index (κ2) is 6.26. The zero-order chi connectivity index (χ0) is 13.8. The summed E-state index contributed by atoms with van der Waals surface area (Å²) in [5.74, 6) is 2.43. The smallest absolute Gasteiger partial charge is 0.123 e. The van der Waals surface area contributed by atoms with Crippen LogP contribution in [0.15, 0.2) is 18.2 Å². The van der Waals surface area contributed by atoms with Crippen LogP contribution >= 0.6 is 0 Å². The van der Waals surface area contributed by atoms with E-state index in [2.05, 4.69) is 30.4 Å². The summed E-state index contributed by atoms with van der Waals surface area (Å²) in [4.78, 5) is 2.27. The summed E-state index contributed by atoms with van der Waals surface area (Å²) < 4.78 is 10.9. The number of benzene rings is 1. The van der Waals surface area contributed by atoms with Crippen molar-refractivity contribution in [3.8, 4) is 11.5 Å². The average Bonchev–Trinajstić information content (AvgIpc) is 2.92. The van der Waals surface area contributed by atoms with Crippen molar-refractivity contribution in [2.24, 2.45) is 5.92 Å². The molecule has 1 aromatic carbocycles. The Kier molecular flexibility index (Phi) is 4.66. The molecule has 0 bridgehead atoms. The molecule has 1 N–H and O–H groups in total. The van der Waals surface area contributed by atoms with E-state index in [1.54, 1.807) is 14.2 Å². The zero-order valence-corrected chi connectivity index (χ0v) is 12.3. The van der Waals surface area contributed by atoms with Gasteiger partial charge in [0.1, 0.15) is 11.5 Å². The molecule has 0 amide bonds. The second-order valence-electron chi connectivity index (χ2n) is 5.27. The summed E-state index contributed by atoms with van der Waals surface area (Å²) in [6, 6.07) is 6.39. The molecule has 0 aliphatic carbocycles. The summed E-state index contributed by atoms with van der Waals surface area (Å²) in [5.41, 5.74) is 1.21. The van der Waals surface area contributed by atoms with Gasteiger partial charge in [-0.1, -0.05) is 0 Å². The van der Waals surface area contributed by atoms with E-state index in [1.165, 1.54) is 12.0 Å². The maximum atomic E-state index is 5.53. The monoisotopic (exact) mass is 264 g/mol. The highest BCUT2D eigenvalue weighted by molar-refractivity contribution is 5.42. The van der Waals surface area contributed by atoms with Crippen molar-refractivity contribution in [3.05, 3.63) is 23.8 Å². The molecule has 2 atom stereocenters.